The van der Waals surface area contributed by atoms with Crippen molar-refractivity contribution < 1.29 is 34.5 Å². The van der Waals surface area contributed by atoms with Gasteiger partial charge < -0.3 is 31.7 Å². The molecule has 0 rings (SSSR count). The summed E-state index contributed by atoms with van der Waals surface area (Å²) in [5.74, 6) is -4.94. The molecular weight excluding hydrogens is 310 g/mol. The number of carboxylic acid groups (broad SMARTS) is 2. The van der Waals surface area contributed by atoms with Gasteiger partial charge in [-0.2, -0.15) is 0 Å². The Morgan fingerprint density at radius 3 is 1.87 bits per heavy atom. The number of aliphatic hydroxyl groups excluding tert-OH is 1. The zero-order valence-corrected chi connectivity index (χ0v) is 13.1. The molecule has 10 nitrogen and oxygen atoms in total. The summed E-state index contributed by atoms with van der Waals surface area (Å²) in [6.45, 7) is 4.51. The lowest BCUT2D eigenvalue weighted by Gasteiger charge is -2.25. The Kier molecular flexibility index (Phi) is 8.19. The van der Waals surface area contributed by atoms with Crippen molar-refractivity contribution >= 4 is 23.8 Å². The number of hydrogen-bond acceptors (Lipinski definition) is 6. The standard InChI is InChI=1S/C13H23N3O7/c1-5(2)10(16-11(20)9(14)6(3)17)12(21)15-7(13(22)23)4-8(18)19/h5-7,9-10,17H,4,14H2,1-3H3,(H,15,21)(H,16,20)(H,18,19)(H,22,23)/t6-,7+,9+,10+/m1/s1. The molecule has 0 aromatic carbocycles. The minimum absolute atomic E-state index is 0.417. The van der Waals surface area contributed by atoms with Crippen molar-refractivity contribution in [2.75, 3.05) is 0 Å². The zero-order chi connectivity index (χ0) is 18.3. The van der Waals surface area contributed by atoms with Gasteiger partial charge in [0.1, 0.15) is 18.1 Å². The molecule has 0 saturated carbocycles. The number of carboxylic acids is 2. The molecule has 0 aromatic heterocycles. The van der Waals surface area contributed by atoms with Crippen LogP contribution < -0.4 is 16.4 Å². The summed E-state index contributed by atoms with van der Waals surface area (Å²) in [5.41, 5.74) is 5.46. The molecule has 0 bridgehead atoms. The highest BCUT2D eigenvalue weighted by Crippen LogP contribution is 2.05. The lowest BCUT2D eigenvalue weighted by molar-refractivity contribution is -0.147. The van der Waals surface area contributed by atoms with Crippen molar-refractivity contribution in [3.05, 3.63) is 0 Å². The van der Waals surface area contributed by atoms with Gasteiger partial charge in [-0.05, 0) is 12.8 Å². The molecule has 0 spiro atoms. The molecule has 0 unspecified atom stereocenters. The molecule has 0 aliphatic heterocycles. The van der Waals surface area contributed by atoms with Crippen LogP contribution in [-0.2, 0) is 19.2 Å². The SMILES string of the molecule is CC(C)[C@H](NC(=O)[C@@H](N)[C@@H](C)O)C(=O)N[C@@H](CC(=O)O)C(=O)O. The first-order valence-electron chi connectivity index (χ1n) is 6.96. The second-order valence-corrected chi connectivity index (χ2v) is 5.49. The third-order valence-electron chi connectivity index (χ3n) is 3.06. The van der Waals surface area contributed by atoms with Crippen LogP contribution in [0.5, 0.6) is 0 Å². The van der Waals surface area contributed by atoms with Crippen molar-refractivity contribution in [1.82, 2.24) is 10.6 Å². The van der Waals surface area contributed by atoms with Gasteiger partial charge >= 0.3 is 11.9 Å². The van der Waals surface area contributed by atoms with Crippen molar-refractivity contribution in [2.45, 2.75) is 51.4 Å². The minimum atomic E-state index is -1.62. The van der Waals surface area contributed by atoms with E-state index >= 15 is 0 Å². The summed E-state index contributed by atoms with van der Waals surface area (Å²) in [4.78, 5) is 45.5. The Hall–Kier alpha value is -2.20. The second kappa shape index (κ2) is 9.06. The molecule has 4 atom stereocenters. The van der Waals surface area contributed by atoms with Gasteiger partial charge in [0.15, 0.2) is 0 Å². The second-order valence-electron chi connectivity index (χ2n) is 5.49. The quantitative estimate of drug-likeness (QED) is 0.277. The van der Waals surface area contributed by atoms with Crippen LogP contribution in [0.2, 0.25) is 0 Å². The molecule has 0 fully saturated rings. The van der Waals surface area contributed by atoms with Crippen LogP contribution in [0.1, 0.15) is 27.2 Å². The zero-order valence-electron chi connectivity index (χ0n) is 13.1. The summed E-state index contributed by atoms with van der Waals surface area (Å²) in [7, 11) is 0. The van der Waals surface area contributed by atoms with Crippen LogP contribution in [-0.4, -0.2) is 63.3 Å². The number of aliphatic hydroxyl groups is 1. The molecule has 0 radical (unpaired) electrons. The van der Waals surface area contributed by atoms with Gasteiger partial charge in [-0.3, -0.25) is 14.4 Å². The fraction of sp³-hybridized carbons (Fsp3) is 0.692. The number of carbonyl (C=O) groups is 4. The van der Waals surface area contributed by atoms with Gasteiger partial charge in [0, 0.05) is 0 Å². The number of nitrogens with one attached hydrogen (secondary N) is 2. The predicted octanol–water partition coefficient (Wildman–Crippen LogP) is -2.12. The van der Waals surface area contributed by atoms with Gasteiger partial charge in [-0.25, -0.2) is 4.79 Å². The number of carbonyl (C=O) groups excluding carboxylic acids is 2. The normalized spacial score (nSPS) is 16.1. The van der Waals surface area contributed by atoms with Crippen LogP contribution >= 0.6 is 0 Å². The van der Waals surface area contributed by atoms with E-state index < -0.39 is 60.3 Å². The lowest BCUT2D eigenvalue weighted by atomic mass is 10.0. The van der Waals surface area contributed by atoms with Crippen molar-refractivity contribution in [2.24, 2.45) is 11.7 Å². The van der Waals surface area contributed by atoms with E-state index in [4.69, 9.17) is 15.9 Å². The number of amides is 2. The van der Waals surface area contributed by atoms with Gasteiger partial charge in [-0.1, -0.05) is 13.8 Å². The molecule has 7 N–H and O–H groups in total. The van der Waals surface area contributed by atoms with Gasteiger partial charge in [-0.15, -0.1) is 0 Å². The van der Waals surface area contributed by atoms with Crippen molar-refractivity contribution in [3.8, 4) is 0 Å². The van der Waals surface area contributed by atoms with E-state index in [2.05, 4.69) is 10.6 Å². The topological polar surface area (TPSA) is 179 Å². The average molecular weight is 333 g/mol. The molecule has 10 heteroatoms. The van der Waals surface area contributed by atoms with Crippen molar-refractivity contribution in [3.63, 3.8) is 0 Å². The first-order chi connectivity index (χ1) is 10.5. The van der Waals surface area contributed by atoms with Crippen molar-refractivity contribution in [1.29, 1.82) is 0 Å². The maximum Gasteiger partial charge on any atom is 0.326 e. The van der Waals surface area contributed by atoms with Crippen LogP contribution in [0, 0.1) is 5.92 Å². The summed E-state index contributed by atoms with van der Waals surface area (Å²) in [5, 5.41) is 31.2. The molecule has 0 saturated heterocycles. The van der Waals surface area contributed by atoms with Crippen LogP contribution in [0.15, 0.2) is 0 Å². The third-order valence-corrected chi connectivity index (χ3v) is 3.06. The molecular formula is C13H23N3O7. The molecule has 0 aromatic rings. The molecule has 0 aliphatic rings. The third kappa shape index (κ3) is 7.06. The fourth-order valence-electron chi connectivity index (χ4n) is 1.64. The van der Waals surface area contributed by atoms with Crippen LogP contribution in [0.3, 0.4) is 0 Å². The minimum Gasteiger partial charge on any atom is -0.481 e. The van der Waals surface area contributed by atoms with E-state index in [0.29, 0.717) is 0 Å². The number of nitrogens with two attached hydrogens (primary N) is 1. The molecule has 0 aliphatic carbocycles. The predicted molar refractivity (Wildman–Crippen MR) is 78.2 cm³/mol. The highest BCUT2D eigenvalue weighted by molar-refractivity contribution is 5.93. The van der Waals surface area contributed by atoms with E-state index in [1.165, 1.54) is 6.92 Å². The highest BCUT2D eigenvalue weighted by atomic mass is 16.4. The Balaban J connectivity index is 5.01. The smallest absolute Gasteiger partial charge is 0.326 e. The summed E-state index contributed by atoms with van der Waals surface area (Å²) >= 11 is 0. The average Bonchev–Trinajstić information content (AvgIpc) is 2.41. The monoisotopic (exact) mass is 333 g/mol. The summed E-state index contributed by atoms with van der Waals surface area (Å²) in [6.07, 6.45) is -1.93. The Bertz CT molecular complexity index is 464. The highest BCUT2D eigenvalue weighted by Gasteiger charge is 2.31. The summed E-state index contributed by atoms with van der Waals surface area (Å²) in [6, 6.07) is -4.00. The maximum atomic E-state index is 12.1. The first-order valence-corrected chi connectivity index (χ1v) is 6.96. The molecule has 23 heavy (non-hydrogen) atoms. The Labute approximate surface area is 133 Å². The first kappa shape index (κ1) is 20.8. The maximum absolute atomic E-state index is 12.1. The largest absolute Gasteiger partial charge is 0.481 e. The van der Waals surface area contributed by atoms with E-state index in [0.717, 1.165) is 0 Å². The van der Waals surface area contributed by atoms with Crippen LogP contribution in [0.4, 0.5) is 0 Å². The molecule has 132 valence electrons. The van der Waals surface area contributed by atoms with Crippen LogP contribution in [0.25, 0.3) is 0 Å². The lowest BCUT2D eigenvalue weighted by Crippen LogP contribution is -2.58. The number of hydrogen-bond donors (Lipinski definition) is 6. The van der Waals surface area contributed by atoms with E-state index in [1.54, 1.807) is 13.8 Å². The van der Waals surface area contributed by atoms with Gasteiger partial charge in [0.2, 0.25) is 11.8 Å². The summed E-state index contributed by atoms with van der Waals surface area (Å²) < 4.78 is 0. The fourth-order valence-corrected chi connectivity index (χ4v) is 1.64. The van der Waals surface area contributed by atoms with E-state index in [1.807, 2.05) is 0 Å². The number of aliphatic carboxylic acids is 2. The number of rotatable bonds is 9. The molecule has 2 amide bonds. The van der Waals surface area contributed by atoms with Gasteiger partial charge in [0.25, 0.3) is 0 Å². The van der Waals surface area contributed by atoms with E-state index in [-0.39, 0.29) is 0 Å². The van der Waals surface area contributed by atoms with E-state index in [9.17, 15) is 24.3 Å². The van der Waals surface area contributed by atoms with Gasteiger partial charge in [0.05, 0.1) is 12.5 Å². The Morgan fingerprint density at radius 2 is 1.52 bits per heavy atom. The molecule has 0 heterocycles. The Morgan fingerprint density at radius 1 is 1.00 bits per heavy atom.